The van der Waals surface area contributed by atoms with Gasteiger partial charge in [-0.05, 0) is 56.3 Å². The lowest BCUT2D eigenvalue weighted by Gasteiger charge is -2.40. The number of carbonyl (C=O) groups is 1. The number of likely N-dealkylation sites (tertiary alicyclic amines) is 1. The molecule has 2 aromatic rings. The molecule has 1 N–H and O–H groups in total. The summed E-state index contributed by atoms with van der Waals surface area (Å²) in [6.07, 6.45) is 2.74. The molecule has 180 valence electrons. The quantitative estimate of drug-likeness (QED) is 0.541. The Balaban J connectivity index is 1.73. The number of nitrogens with one attached hydrogen (secondary N) is 1. The number of hydrogen-bond donors (Lipinski definition) is 1. The number of sulfonamides is 1. The Kier molecular flexibility index (Phi) is 9.20. The molecular weight excluding hydrogens is 434 g/mol. The molecule has 2 aromatic carbocycles. The van der Waals surface area contributed by atoms with Gasteiger partial charge in [0.15, 0.2) is 0 Å². The van der Waals surface area contributed by atoms with E-state index in [4.69, 9.17) is 0 Å². The number of carbonyl (C=O) groups excluding carboxylic acids is 1. The van der Waals surface area contributed by atoms with E-state index in [-0.39, 0.29) is 23.8 Å². The van der Waals surface area contributed by atoms with Crippen LogP contribution in [0.25, 0.3) is 0 Å². The lowest BCUT2D eigenvalue weighted by molar-refractivity contribution is -0.123. The SMILES string of the molecule is CCN[C@@H]1CC(C(C)=O)CCN1CC[C@@H](CN(C)S(=O)(=O)c1ccccc1)c1ccccc1. The van der Waals surface area contributed by atoms with Crippen LogP contribution in [0.2, 0.25) is 0 Å². The summed E-state index contributed by atoms with van der Waals surface area (Å²) in [7, 11) is -1.89. The summed E-state index contributed by atoms with van der Waals surface area (Å²) in [5, 5.41) is 3.54. The third kappa shape index (κ3) is 6.73. The van der Waals surface area contributed by atoms with E-state index in [9.17, 15) is 13.2 Å². The van der Waals surface area contributed by atoms with Crippen molar-refractivity contribution in [1.29, 1.82) is 0 Å². The van der Waals surface area contributed by atoms with Gasteiger partial charge in [-0.15, -0.1) is 0 Å². The molecule has 0 radical (unpaired) electrons. The highest BCUT2D eigenvalue weighted by molar-refractivity contribution is 7.89. The topological polar surface area (TPSA) is 69.7 Å². The molecule has 0 amide bonds. The predicted molar refractivity (Wildman–Crippen MR) is 133 cm³/mol. The second-order valence-corrected chi connectivity index (χ2v) is 11.0. The van der Waals surface area contributed by atoms with E-state index >= 15 is 0 Å². The molecule has 1 aliphatic rings. The molecule has 3 atom stereocenters. The Hall–Kier alpha value is -2.06. The maximum Gasteiger partial charge on any atom is 0.242 e. The van der Waals surface area contributed by atoms with Crippen LogP contribution in [0.3, 0.4) is 0 Å². The molecule has 1 fully saturated rings. The van der Waals surface area contributed by atoms with Crippen LogP contribution in [-0.2, 0) is 14.8 Å². The van der Waals surface area contributed by atoms with Gasteiger partial charge in [0.2, 0.25) is 10.0 Å². The number of piperidine rings is 1. The molecule has 0 aliphatic carbocycles. The number of rotatable bonds is 11. The minimum atomic E-state index is -3.55. The lowest BCUT2D eigenvalue weighted by atomic mass is 9.90. The van der Waals surface area contributed by atoms with Gasteiger partial charge in [0.1, 0.15) is 5.78 Å². The molecule has 33 heavy (non-hydrogen) atoms. The maximum absolute atomic E-state index is 13.1. The number of Topliss-reactive ketones (excluding diaryl/α,β-unsaturated/α-hetero) is 1. The zero-order chi connectivity index (χ0) is 23.8. The highest BCUT2D eigenvalue weighted by atomic mass is 32.2. The molecule has 0 bridgehead atoms. The van der Waals surface area contributed by atoms with E-state index in [1.54, 1.807) is 38.2 Å². The van der Waals surface area contributed by atoms with E-state index in [0.717, 1.165) is 44.5 Å². The monoisotopic (exact) mass is 471 g/mol. The van der Waals surface area contributed by atoms with Crippen molar-refractivity contribution >= 4 is 15.8 Å². The van der Waals surface area contributed by atoms with Crippen LogP contribution in [0.5, 0.6) is 0 Å². The highest BCUT2D eigenvalue weighted by Gasteiger charge is 2.31. The minimum Gasteiger partial charge on any atom is -0.302 e. The molecule has 3 rings (SSSR count). The second-order valence-electron chi connectivity index (χ2n) is 8.94. The van der Waals surface area contributed by atoms with E-state index < -0.39 is 10.0 Å². The molecular formula is C26H37N3O3S. The summed E-state index contributed by atoms with van der Waals surface area (Å²) in [5.41, 5.74) is 1.14. The van der Waals surface area contributed by atoms with E-state index in [1.807, 2.05) is 24.3 Å². The van der Waals surface area contributed by atoms with Crippen molar-refractivity contribution in [1.82, 2.24) is 14.5 Å². The number of ketones is 1. The first-order valence-electron chi connectivity index (χ1n) is 11.9. The van der Waals surface area contributed by atoms with Crippen LogP contribution < -0.4 is 5.32 Å². The summed E-state index contributed by atoms with van der Waals surface area (Å²) in [5.74, 6) is 0.465. The van der Waals surface area contributed by atoms with Crippen molar-refractivity contribution in [2.45, 2.75) is 50.1 Å². The van der Waals surface area contributed by atoms with Crippen LogP contribution in [0.15, 0.2) is 65.6 Å². The number of benzene rings is 2. The van der Waals surface area contributed by atoms with Crippen molar-refractivity contribution in [2.24, 2.45) is 5.92 Å². The van der Waals surface area contributed by atoms with Gasteiger partial charge in [-0.2, -0.15) is 0 Å². The van der Waals surface area contributed by atoms with Gasteiger partial charge in [-0.3, -0.25) is 9.69 Å². The number of hydrogen-bond acceptors (Lipinski definition) is 5. The fourth-order valence-corrected chi connectivity index (χ4v) is 5.93. The van der Waals surface area contributed by atoms with Gasteiger partial charge < -0.3 is 5.32 Å². The zero-order valence-corrected chi connectivity index (χ0v) is 20.8. The lowest BCUT2D eigenvalue weighted by Crippen LogP contribution is -2.52. The molecule has 1 unspecified atom stereocenters. The summed E-state index contributed by atoms with van der Waals surface area (Å²) >= 11 is 0. The summed E-state index contributed by atoms with van der Waals surface area (Å²) < 4.78 is 27.7. The van der Waals surface area contributed by atoms with Gasteiger partial charge in [-0.1, -0.05) is 55.5 Å². The van der Waals surface area contributed by atoms with E-state index in [2.05, 4.69) is 29.3 Å². The van der Waals surface area contributed by atoms with Crippen molar-refractivity contribution in [2.75, 3.05) is 33.2 Å². The fourth-order valence-electron chi connectivity index (χ4n) is 4.69. The van der Waals surface area contributed by atoms with Crippen LogP contribution in [0.4, 0.5) is 0 Å². The van der Waals surface area contributed by atoms with E-state index in [0.29, 0.717) is 11.4 Å². The fraction of sp³-hybridized carbons (Fsp3) is 0.500. The average Bonchev–Trinajstić information content (AvgIpc) is 2.83. The first-order chi connectivity index (χ1) is 15.8. The van der Waals surface area contributed by atoms with Crippen molar-refractivity contribution in [3.05, 3.63) is 66.2 Å². The van der Waals surface area contributed by atoms with Gasteiger partial charge in [0, 0.05) is 32.6 Å². The van der Waals surface area contributed by atoms with Gasteiger partial charge in [0.05, 0.1) is 11.1 Å². The molecule has 1 heterocycles. The Labute approximate surface area is 199 Å². The van der Waals surface area contributed by atoms with Crippen molar-refractivity contribution in [3.63, 3.8) is 0 Å². The molecule has 0 saturated carbocycles. The molecule has 7 heteroatoms. The molecule has 1 saturated heterocycles. The normalized spacial score (nSPS) is 20.6. The Bertz CT molecular complexity index is 982. The average molecular weight is 472 g/mol. The standard InChI is InChI=1S/C26H37N3O3S/c1-4-27-26-19-23(21(2)30)15-17-29(26)18-16-24(22-11-7-5-8-12-22)20-28(3)33(31,32)25-13-9-6-10-14-25/h5-14,23-24,26-27H,4,15-20H2,1-3H3/t23?,24-,26-/m0/s1. The smallest absolute Gasteiger partial charge is 0.242 e. The Morgan fingerprint density at radius 1 is 1.12 bits per heavy atom. The zero-order valence-electron chi connectivity index (χ0n) is 20.0. The van der Waals surface area contributed by atoms with Gasteiger partial charge >= 0.3 is 0 Å². The van der Waals surface area contributed by atoms with E-state index in [1.165, 1.54) is 4.31 Å². The molecule has 1 aliphatic heterocycles. The number of nitrogens with zero attached hydrogens (tertiary/aromatic N) is 2. The van der Waals surface area contributed by atoms with Gasteiger partial charge in [0.25, 0.3) is 0 Å². The van der Waals surface area contributed by atoms with Crippen LogP contribution in [0, 0.1) is 5.92 Å². The Morgan fingerprint density at radius 3 is 2.36 bits per heavy atom. The largest absolute Gasteiger partial charge is 0.302 e. The highest BCUT2D eigenvalue weighted by Crippen LogP contribution is 2.27. The minimum absolute atomic E-state index is 0.0718. The first kappa shape index (κ1) is 25.6. The van der Waals surface area contributed by atoms with Crippen LogP contribution >= 0.6 is 0 Å². The summed E-state index contributed by atoms with van der Waals surface area (Å²) in [4.78, 5) is 14.7. The molecule has 6 nitrogen and oxygen atoms in total. The third-order valence-corrected chi connectivity index (χ3v) is 8.53. The predicted octanol–water partition coefficient (Wildman–Crippen LogP) is 3.72. The summed E-state index contributed by atoms with van der Waals surface area (Å²) in [6, 6.07) is 18.8. The maximum atomic E-state index is 13.1. The van der Waals surface area contributed by atoms with Crippen molar-refractivity contribution < 1.29 is 13.2 Å². The summed E-state index contributed by atoms with van der Waals surface area (Å²) in [6.45, 7) is 6.77. The Morgan fingerprint density at radius 2 is 1.76 bits per heavy atom. The molecule has 0 spiro atoms. The third-order valence-electron chi connectivity index (χ3n) is 6.69. The molecule has 0 aromatic heterocycles. The van der Waals surface area contributed by atoms with Crippen LogP contribution in [0.1, 0.15) is 44.6 Å². The van der Waals surface area contributed by atoms with Gasteiger partial charge in [-0.25, -0.2) is 12.7 Å². The van der Waals surface area contributed by atoms with Crippen LogP contribution in [-0.4, -0.2) is 62.8 Å². The number of likely N-dealkylation sites (N-methyl/N-ethyl adjacent to an activating group) is 1. The first-order valence-corrected chi connectivity index (χ1v) is 13.3. The second kappa shape index (κ2) is 11.9. The van der Waals surface area contributed by atoms with Crippen molar-refractivity contribution in [3.8, 4) is 0 Å².